The largest absolute Gasteiger partial charge is 0.126 e. The van der Waals surface area contributed by atoms with Crippen LogP contribution in [0.4, 0.5) is 0 Å². The highest BCUT2D eigenvalue weighted by atomic mass is 79.9. The number of rotatable bonds is 2. The van der Waals surface area contributed by atoms with Crippen molar-refractivity contribution < 1.29 is 0 Å². The summed E-state index contributed by atoms with van der Waals surface area (Å²) in [7, 11) is 0. The Hall–Kier alpha value is -0.940. The molecule has 4 aromatic rings. The first-order valence-electron chi connectivity index (χ1n) is 6.77. The summed E-state index contributed by atoms with van der Waals surface area (Å²) in [4.78, 5) is 0. The Kier molecular flexibility index (Phi) is 3.95. The maximum atomic E-state index is 3.77. The first kappa shape index (κ1) is 14.6. The zero-order chi connectivity index (χ0) is 15.1. The van der Waals surface area contributed by atoms with E-state index in [0.717, 1.165) is 0 Å². The van der Waals surface area contributed by atoms with E-state index in [0.29, 0.717) is 0 Å². The van der Waals surface area contributed by atoms with E-state index in [1.54, 1.807) is 0 Å². The second kappa shape index (κ2) is 5.93. The van der Waals surface area contributed by atoms with Gasteiger partial charge in [0, 0.05) is 11.1 Å². The fraction of sp³-hybridized carbons (Fsp3) is 0. The summed E-state index contributed by atoms with van der Waals surface area (Å²) >= 11 is 11.2. The summed E-state index contributed by atoms with van der Waals surface area (Å²) in [5, 5.41) is 0. The molecule has 2 aromatic heterocycles. The minimum absolute atomic E-state index is 1.20. The van der Waals surface area contributed by atoms with Gasteiger partial charge >= 0.3 is 0 Å². The Morgan fingerprint density at radius 2 is 0.909 bits per heavy atom. The third kappa shape index (κ3) is 2.38. The van der Waals surface area contributed by atoms with Crippen LogP contribution in [0, 0.1) is 0 Å². The number of fused-ring (bicyclic) bond motifs is 1. The van der Waals surface area contributed by atoms with Crippen LogP contribution >= 0.6 is 54.5 Å². The summed E-state index contributed by atoms with van der Waals surface area (Å²) in [6.07, 6.45) is 0. The van der Waals surface area contributed by atoms with Crippen molar-refractivity contribution in [2.75, 3.05) is 0 Å². The van der Waals surface area contributed by atoms with Crippen LogP contribution in [-0.4, -0.2) is 0 Å². The van der Waals surface area contributed by atoms with Crippen molar-refractivity contribution in [2.45, 2.75) is 0 Å². The molecule has 22 heavy (non-hydrogen) atoms. The number of hydrogen-bond acceptors (Lipinski definition) is 2. The van der Waals surface area contributed by atoms with Crippen LogP contribution in [0.15, 0.2) is 68.2 Å². The Labute approximate surface area is 153 Å². The average Bonchev–Trinajstić information content (AvgIpc) is 3.01. The van der Waals surface area contributed by atoms with Crippen LogP contribution in [0.2, 0.25) is 0 Å². The SMILES string of the molecule is Brc1sc2c(-c3ccccc3)c(Br)sc2c1-c1ccccc1. The lowest BCUT2D eigenvalue weighted by atomic mass is 10.1. The zero-order valence-electron chi connectivity index (χ0n) is 11.3. The van der Waals surface area contributed by atoms with Crippen molar-refractivity contribution in [3.8, 4) is 22.3 Å². The molecular weight excluding hydrogens is 440 g/mol. The van der Waals surface area contributed by atoms with Gasteiger partial charge in [0.05, 0.1) is 17.0 Å². The smallest absolute Gasteiger partial charge is 0.0798 e. The highest BCUT2D eigenvalue weighted by Gasteiger charge is 2.20. The fourth-order valence-electron chi connectivity index (χ4n) is 2.58. The molecule has 0 saturated heterocycles. The van der Waals surface area contributed by atoms with Crippen molar-refractivity contribution in [2.24, 2.45) is 0 Å². The van der Waals surface area contributed by atoms with E-state index >= 15 is 0 Å². The van der Waals surface area contributed by atoms with Gasteiger partial charge in [-0.3, -0.25) is 0 Å². The van der Waals surface area contributed by atoms with E-state index in [2.05, 4.69) is 92.5 Å². The molecule has 2 heterocycles. The Morgan fingerprint density at radius 1 is 0.545 bits per heavy atom. The fourth-order valence-corrected chi connectivity index (χ4v) is 7.08. The summed E-state index contributed by atoms with van der Waals surface area (Å²) in [5.41, 5.74) is 5.12. The second-order valence-corrected chi connectivity index (χ2v) is 9.57. The van der Waals surface area contributed by atoms with Crippen LogP contribution in [-0.2, 0) is 0 Å². The van der Waals surface area contributed by atoms with Gasteiger partial charge in [-0.25, -0.2) is 0 Å². The van der Waals surface area contributed by atoms with Gasteiger partial charge in [-0.05, 0) is 43.0 Å². The highest BCUT2D eigenvalue weighted by molar-refractivity contribution is 9.11. The highest BCUT2D eigenvalue weighted by Crippen LogP contribution is 2.52. The summed E-state index contributed by atoms with van der Waals surface area (Å²) in [5.74, 6) is 0. The number of thiophene rings is 2. The van der Waals surface area contributed by atoms with Crippen molar-refractivity contribution in [1.29, 1.82) is 0 Å². The van der Waals surface area contributed by atoms with E-state index in [1.165, 1.54) is 39.2 Å². The van der Waals surface area contributed by atoms with Gasteiger partial charge in [-0.1, -0.05) is 60.7 Å². The quantitative estimate of drug-likeness (QED) is 0.292. The van der Waals surface area contributed by atoms with E-state index in [-0.39, 0.29) is 0 Å². The normalized spacial score (nSPS) is 11.2. The van der Waals surface area contributed by atoms with Crippen molar-refractivity contribution in [1.82, 2.24) is 0 Å². The van der Waals surface area contributed by atoms with Gasteiger partial charge in [-0.2, -0.15) is 0 Å². The molecule has 0 aliphatic rings. The first-order valence-corrected chi connectivity index (χ1v) is 9.98. The minimum atomic E-state index is 1.20. The molecule has 4 rings (SSSR count). The lowest BCUT2D eigenvalue weighted by Gasteiger charge is -1.99. The van der Waals surface area contributed by atoms with Crippen molar-refractivity contribution >= 4 is 63.9 Å². The van der Waals surface area contributed by atoms with E-state index in [4.69, 9.17) is 0 Å². The van der Waals surface area contributed by atoms with Gasteiger partial charge in [-0.15, -0.1) is 22.7 Å². The van der Waals surface area contributed by atoms with Crippen molar-refractivity contribution in [3.05, 3.63) is 68.2 Å². The Balaban J connectivity index is 2.02. The lowest BCUT2D eigenvalue weighted by Crippen LogP contribution is -1.73. The molecule has 0 N–H and O–H groups in total. The summed E-state index contributed by atoms with van der Waals surface area (Å²) in [6.45, 7) is 0. The van der Waals surface area contributed by atoms with Gasteiger partial charge in [0.15, 0.2) is 0 Å². The summed E-state index contributed by atoms with van der Waals surface area (Å²) in [6, 6.07) is 21.1. The van der Waals surface area contributed by atoms with Gasteiger partial charge in [0.1, 0.15) is 0 Å². The van der Waals surface area contributed by atoms with E-state index in [1.807, 2.05) is 22.7 Å². The second-order valence-electron chi connectivity index (χ2n) is 4.89. The molecule has 0 atom stereocenters. The van der Waals surface area contributed by atoms with Crippen LogP contribution in [0.1, 0.15) is 0 Å². The number of hydrogen-bond donors (Lipinski definition) is 0. The van der Waals surface area contributed by atoms with E-state index < -0.39 is 0 Å². The maximum absolute atomic E-state index is 3.77. The predicted molar refractivity (Wildman–Crippen MR) is 106 cm³/mol. The van der Waals surface area contributed by atoms with Crippen LogP contribution in [0.5, 0.6) is 0 Å². The zero-order valence-corrected chi connectivity index (χ0v) is 16.2. The van der Waals surface area contributed by atoms with Crippen molar-refractivity contribution in [3.63, 3.8) is 0 Å². The molecule has 0 radical (unpaired) electrons. The van der Waals surface area contributed by atoms with Gasteiger partial charge in [0.2, 0.25) is 0 Å². The molecule has 0 saturated carbocycles. The molecular formula is C18H10Br2S2. The van der Waals surface area contributed by atoms with Crippen LogP contribution in [0.25, 0.3) is 31.7 Å². The predicted octanol–water partition coefficient (Wildman–Crippen LogP) is 7.82. The van der Waals surface area contributed by atoms with Crippen LogP contribution in [0.3, 0.4) is 0 Å². The molecule has 0 unspecified atom stereocenters. The van der Waals surface area contributed by atoms with E-state index in [9.17, 15) is 0 Å². The third-order valence-corrected chi connectivity index (χ3v) is 7.45. The molecule has 0 fully saturated rings. The molecule has 0 nitrogen and oxygen atoms in total. The molecule has 4 heteroatoms. The van der Waals surface area contributed by atoms with Gasteiger partial charge in [0.25, 0.3) is 0 Å². The molecule has 0 aliphatic carbocycles. The van der Waals surface area contributed by atoms with Crippen LogP contribution < -0.4 is 0 Å². The monoisotopic (exact) mass is 448 g/mol. The molecule has 2 aromatic carbocycles. The minimum Gasteiger partial charge on any atom is -0.126 e. The summed E-state index contributed by atoms with van der Waals surface area (Å²) < 4.78 is 5.08. The third-order valence-electron chi connectivity index (χ3n) is 3.56. The molecule has 0 amide bonds. The standard InChI is InChI=1S/C18H10Br2S2/c19-17-13(11-7-3-1-4-8-11)15-16(22-17)14(18(20)21-15)12-9-5-2-6-10-12/h1-10H. The Morgan fingerprint density at radius 3 is 1.27 bits per heavy atom. The molecule has 0 spiro atoms. The topological polar surface area (TPSA) is 0 Å². The lowest BCUT2D eigenvalue weighted by molar-refractivity contribution is 1.68. The Bertz CT molecular complexity index is 858. The molecule has 0 aliphatic heterocycles. The average molecular weight is 450 g/mol. The first-order chi connectivity index (χ1) is 10.8. The number of halogens is 2. The number of benzene rings is 2. The van der Waals surface area contributed by atoms with Gasteiger partial charge < -0.3 is 0 Å². The molecule has 0 bridgehead atoms. The molecule has 108 valence electrons. The maximum Gasteiger partial charge on any atom is 0.0798 e.